The van der Waals surface area contributed by atoms with E-state index >= 15 is 0 Å². The lowest BCUT2D eigenvalue weighted by Gasteiger charge is -2.52. The predicted molar refractivity (Wildman–Crippen MR) is 101 cm³/mol. The van der Waals surface area contributed by atoms with Crippen LogP contribution in [0.15, 0.2) is 28.7 Å². The van der Waals surface area contributed by atoms with Gasteiger partial charge in [0, 0.05) is 5.41 Å². The number of halogens is 3. The zero-order chi connectivity index (χ0) is 19.8. The van der Waals surface area contributed by atoms with Crippen LogP contribution in [0.1, 0.15) is 82.6 Å². The molecule has 0 amide bonds. The van der Waals surface area contributed by atoms with Crippen LogP contribution in [0, 0.1) is 5.41 Å². The van der Waals surface area contributed by atoms with Crippen LogP contribution in [-0.4, -0.2) is 10.2 Å². The molecule has 0 aliphatic heterocycles. The molecule has 0 atom stereocenters. The highest BCUT2D eigenvalue weighted by molar-refractivity contribution is 5.59. The van der Waals surface area contributed by atoms with E-state index in [2.05, 4.69) is 17.1 Å². The number of unbranched alkanes of at least 4 members (excludes halogenated alkanes) is 2. The van der Waals surface area contributed by atoms with Crippen LogP contribution in [0.5, 0.6) is 0 Å². The molecule has 28 heavy (non-hydrogen) atoms. The number of aromatic nitrogens is 2. The second kappa shape index (κ2) is 7.20. The van der Waals surface area contributed by atoms with Gasteiger partial charge in [0.05, 0.1) is 11.1 Å². The largest absolute Gasteiger partial charge is 0.420 e. The highest BCUT2D eigenvalue weighted by Crippen LogP contribution is 2.59. The Morgan fingerprint density at radius 1 is 0.964 bits per heavy atom. The summed E-state index contributed by atoms with van der Waals surface area (Å²) in [5, 5.41) is 8.23. The molecular formula is C22H27F3N2O. The SMILES string of the molecule is CCCCCC12CCC(c3nnc(-c4ccccc4C(F)(F)F)o3)(CC1)CC2. The van der Waals surface area contributed by atoms with Gasteiger partial charge in [-0.3, -0.25) is 0 Å². The van der Waals surface area contributed by atoms with Crippen LogP contribution in [0.25, 0.3) is 11.5 Å². The topological polar surface area (TPSA) is 38.9 Å². The van der Waals surface area contributed by atoms with Gasteiger partial charge >= 0.3 is 6.18 Å². The van der Waals surface area contributed by atoms with E-state index in [4.69, 9.17) is 4.42 Å². The monoisotopic (exact) mass is 392 g/mol. The van der Waals surface area contributed by atoms with Gasteiger partial charge < -0.3 is 4.42 Å². The van der Waals surface area contributed by atoms with E-state index < -0.39 is 11.7 Å². The minimum atomic E-state index is -4.45. The van der Waals surface area contributed by atoms with Crippen molar-refractivity contribution in [1.29, 1.82) is 0 Å². The quantitative estimate of drug-likeness (QED) is 0.500. The molecular weight excluding hydrogens is 365 g/mol. The summed E-state index contributed by atoms with van der Waals surface area (Å²) >= 11 is 0. The Labute approximate surface area is 163 Å². The third kappa shape index (κ3) is 3.46. The lowest BCUT2D eigenvalue weighted by molar-refractivity contribution is -0.137. The summed E-state index contributed by atoms with van der Waals surface area (Å²) in [5.74, 6) is 0.504. The average Bonchev–Trinajstić information content (AvgIpc) is 3.20. The molecule has 3 fully saturated rings. The van der Waals surface area contributed by atoms with Gasteiger partial charge in [0.2, 0.25) is 11.8 Å². The molecule has 3 aliphatic rings. The number of hydrogen-bond acceptors (Lipinski definition) is 3. The maximum absolute atomic E-state index is 13.3. The number of benzene rings is 1. The molecule has 3 aliphatic carbocycles. The predicted octanol–water partition coefficient (Wildman–Crippen LogP) is 6.93. The van der Waals surface area contributed by atoms with E-state index in [1.807, 2.05) is 0 Å². The van der Waals surface area contributed by atoms with E-state index in [0.717, 1.165) is 44.6 Å². The van der Waals surface area contributed by atoms with Crippen LogP contribution >= 0.6 is 0 Å². The van der Waals surface area contributed by atoms with Crippen LogP contribution in [0.3, 0.4) is 0 Å². The first-order chi connectivity index (χ1) is 13.4. The third-order valence-electron chi connectivity index (χ3n) is 7.05. The first kappa shape index (κ1) is 19.5. The van der Waals surface area contributed by atoms with Crippen molar-refractivity contribution in [3.05, 3.63) is 35.7 Å². The van der Waals surface area contributed by atoms with E-state index in [1.165, 1.54) is 37.8 Å². The average molecular weight is 392 g/mol. The second-order valence-corrected chi connectivity index (χ2v) is 8.69. The summed E-state index contributed by atoms with van der Waals surface area (Å²) in [5.41, 5.74) is -0.455. The van der Waals surface area contributed by atoms with Gasteiger partial charge in [-0.1, -0.05) is 38.3 Å². The molecule has 2 bridgehead atoms. The standard InChI is InChI=1S/C22H27F3N2O/c1-2-3-6-9-20-10-13-21(14-11-20,15-12-20)19-27-26-18(28-19)16-7-4-5-8-17(16)22(23,24)25/h4-5,7-8H,2-3,6,9-15H2,1H3. The number of rotatable bonds is 6. The molecule has 152 valence electrons. The van der Waals surface area contributed by atoms with Crippen molar-refractivity contribution in [3.63, 3.8) is 0 Å². The lowest BCUT2D eigenvalue weighted by atomic mass is 9.52. The van der Waals surface area contributed by atoms with Crippen LogP contribution in [0.2, 0.25) is 0 Å². The van der Waals surface area contributed by atoms with Gasteiger partial charge in [0.15, 0.2) is 0 Å². The highest BCUT2D eigenvalue weighted by Gasteiger charge is 2.51. The summed E-state index contributed by atoms with van der Waals surface area (Å²) in [6.07, 6.45) is 7.16. The molecule has 0 saturated heterocycles. The van der Waals surface area contributed by atoms with Crippen LogP contribution < -0.4 is 0 Å². The fraction of sp³-hybridized carbons (Fsp3) is 0.636. The van der Waals surface area contributed by atoms with Crippen LogP contribution in [-0.2, 0) is 11.6 Å². The molecule has 0 spiro atoms. The van der Waals surface area contributed by atoms with Crippen molar-refractivity contribution in [2.24, 2.45) is 5.41 Å². The number of nitrogens with zero attached hydrogens (tertiary/aromatic N) is 2. The molecule has 6 heteroatoms. The van der Waals surface area contributed by atoms with E-state index in [-0.39, 0.29) is 16.9 Å². The normalized spacial score (nSPS) is 27.3. The smallest absolute Gasteiger partial charge is 0.417 e. The summed E-state index contributed by atoms with van der Waals surface area (Å²) in [7, 11) is 0. The fourth-order valence-corrected chi connectivity index (χ4v) is 5.17. The molecule has 1 heterocycles. The minimum absolute atomic E-state index is 0.0253. The Balaban J connectivity index is 1.54. The summed E-state index contributed by atoms with van der Waals surface area (Å²) in [6.45, 7) is 2.23. The zero-order valence-electron chi connectivity index (χ0n) is 16.3. The van der Waals surface area contributed by atoms with Gasteiger partial charge in [-0.05, 0) is 62.5 Å². The van der Waals surface area contributed by atoms with E-state index in [1.54, 1.807) is 6.07 Å². The minimum Gasteiger partial charge on any atom is -0.420 e. The van der Waals surface area contributed by atoms with Crippen molar-refractivity contribution >= 4 is 0 Å². The van der Waals surface area contributed by atoms with Gasteiger partial charge in [-0.25, -0.2) is 0 Å². The molecule has 3 saturated carbocycles. The summed E-state index contributed by atoms with van der Waals surface area (Å²) in [4.78, 5) is 0. The summed E-state index contributed by atoms with van der Waals surface area (Å²) in [6, 6.07) is 5.41. The fourth-order valence-electron chi connectivity index (χ4n) is 5.17. The summed E-state index contributed by atoms with van der Waals surface area (Å²) < 4.78 is 45.8. The molecule has 0 unspecified atom stereocenters. The van der Waals surface area contributed by atoms with Crippen molar-refractivity contribution in [2.45, 2.75) is 82.7 Å². The zero-order valence-corrected chi connectivity index (χ0v) is 16.3. The molecule has 0 radical (unpaired) electrons. The van der Waals surface area contributed by atoms with Crippen molar-refractivity contribution in [2.75, 3.05) is 0 Å². The Morgan fingerprint density at radius 3 is 2.29 bits per heavy atom. The van der Waals surface area contributed by atoms with Crippen LogP contribution in [0.4, 0.5) is 13.2 Å². The molecule has 2 aromatic rings. The first-order valence-corrected chi connectivity index (χ1v) is 10.4. The number of fused-ring (bicyclic) bond motifs is 3. The highest BCUT2D eigenvalue weighted by atomic mass is 19.4. The van der Waals surface area contributed by atoms with Gasteiger partial charge in [0.1, 0.15) is 0 Å². The molecule has 1 aromatic carbocycles. The van der Waals surface area contributed by atoms with Gasteiger partial charge in [-0.2, -0.15) is 13.2 Å². The molecule has 0 N–H and O–H groups in total. The van der Waals surface area contributed by atoms with Crippen molar-refractivity contribution < 1.29 is 17.6 Å². The lowest BCUT2D eigenvalue weighted by Crippen LogP contribution is -2.44. The Kier molecular flexibility index (Phi) is 5.00. The van der Waals surface area contributed by atoms with Crippen molar-refractivity contribution in [3.8, 4) is 11.5 Å². The molecule has 3 nitrogen and oxygen atoms in total. The second-order valence-electron chi connectivity index (χ2n) is 8.69. The Morgan fingerprint density at radius 2 is 1.64 bits per heavy atom. The van der Waals surface area contributed by atoms with E-state index in [9.17, 15) is 13.2 Å². The Hall–Kier alpha value is -1.85. The number of hydrogen-bond donors (Lipinski definition) is 0. The maximum atomic E-state index is 13.3. The molecule has 1 aromatic heterocycles. The van der Waals surface area contributed by atoms with Gasteiger partial charge in [0.25, 0.3) is 0 Å². The van der Waals surface area contributed by atoms with Gasteiger partial charge in [-0.15, -0.1) is 10.2 Å². The van der Waals surface area contributed by atoms with Crippen molar-refractivity contribution in [1.82, 2.24) is 10.2 Å². The first-order valence-electron chi connectivity index (χ1n) is 10.4. The number of alkyl halides is 3. The third-order valence-corrected chi connectivity index (χ3v) is 7.05. The molecule has 5 rings (SSSR count). The maximum Gasteiger partial charge on any atom is 0.417 e. The van der Waals surface area contributed by atoms with E-state index in [0.29, 0.717) is 11.3 Å². The Bertz CT molecular complexity index is 803.